The third kappa shape index (κ3) is 7.72. The van der Waals surface area contributed by atoms with E-state index < -0.39 is 7.12 Å². The van der Waals surface area contributed by atoms with Crippen LogP contribution in [0.5, 0.6) is 0 Å². The summed E-state index contributed by atoms with van der Waals surface area (Å²) >= 11 is 0. The van der Waals surface area contributed by atoms with Crippen LogP contribution in [0.1, 0.15) is 26.7 Å². The average molecular weight is 142 g/mol. The van der Waals surface area contributed by atoms with Gasteiger partial charge in [-0.25, -0.2) is 0 Å². The second-order valence-corrected chi connectivity index (χ2v) is 2.81. The number of allylic oxidation sites excluding steroid dienone is 1. The Morgan fingerprint density at radius 3 is 2.40 bits per heavy atom. The zero-order chi connectivity index (χ0) is 7.98. The van der Waals surface area contributed by atoms with Gasteiger partial charge in [-0.1, -0.05) is 25.9 Å². The van der Waals surface area contributed by atoms with Crippen LogP contribution < -0.4 is 0 Å². The minimum Gasteiger partial charge on any atom is -0.424 e. The average Bonchev–Trinajstić information content (AvgIpc) is 1.79. The van der Waals surface area contributed by atoms with Gasteiger partial charge in [-0.3, -0.25) is 0 Å². The van der Waals surface area contributed by atoms with Gasteiger partial charge >= 0.3 is 7.12 Å². The highest BCUT2D eigenvalue weighted by atomic mass is 16.4. The first kappa shape index (κ1) is 9.72. The van der Waals surface area contributed by atoms with Gasteiger partial charge in [0.05, 0.1) is 0 Å². The normalized spacial score (nSPS) is 11.3. The van der Waals surface area contributed by atoms with E-state index in [1.165, 1.54) is 5.98 Å². The summed E-state index contributed by atoms with van der Waals surface area (Å²) in [5.41, 5.74) is 0. The molecule has 0 aliphatic carbocycles. The van der Waals surface area contributed by atoms with Crippen LogP contribution in [0.2, 0.25) is 0 Å². The van der Waals surface area contributed by atoms with Crippen molar-refractivity contribution in [3.63, 3.8) is 0 Å². The second kappa shape index (κ2) is 5.51. The van der Waals surface area contributed by atoms with Crippen LogP contribution in [0.3, 0.4) is 0 Å². The maximum Gasteiger partial charge on any atom is 0.480 e. The van der Waals surface area contributed by atoms with E-state index in [1.807, 2.05) is 0 Å². The topological polar surface area (TPSA) is 40.5 Å². The summed E-state index contributed by atoms with van der Waals surface area (Å²) in [5.74, 6) is 2.07. The largest absolute Gasteiger partial charge is 0.480 e. The smallest absolute Gasteiger partial charge is 0.424 e. The lowest BCUT2D eigenvalue weighted by atomic mass is 9.91. The first-order chi connectivity index (χ1) is 4.63. The third-order valence-electron chi connectivity index (χ3n) is 1.22. The SMILES string of the molecule is CC(C)CCC=CB(O)O. The molecule has 58 valence electrons. The highest BCUT2D eigenvalue weighted by molar-refractivity contribution is 6.47. The first-order valence-corrected chi connectivity index (χ1v) is 3.65. The van der Waals surface area contributed by atoms with Gasteiger partial charge < -0.3 is 10.0 Å². The summed E-state index contributed by atoms with van der Waals surface area (Å²) in [6.45, 7) is 4.28. The highest BCUT2D eigenvalue weighted by Gasteiger charge is 1.97. The number of hydrogen-bond acceptors (Lipinski definition) is 2. The summed E-state index contributed by atoms with van der Waals surface area (Å²) in [6, 6.07) is 0. The molecule has 2 nitrogen and oxygen atoms in total. The predicted molar refractivity (Wildman–Crippen MR) is 43.4 cm³/mol. The van der Waals surface area contributed by atoms with Crippen molar-refractivity contribution < 1.29 is 10.0 Å². The molecule has 0 atom stereocenters. The van der Waals surface area contributed by atoms with Crippen LogP contribution in [0.4, 0.5) is 0 Å². The molecule has 0 amide bonds. The van der Waals surface area contributed by atoms with Crippen LogP contribution >= 0.6 is 0 Å². The van der Waals surface area contributed by atoms with E-state index in [4.69, 9.17) is 10.0 Å². The molecule has 3 heteroatoms. The molecule has 0 aromatic rings. The van der Waals surface area contributed by atoms with E-state index in [2.05, 4.69) is 13.8 Å². The van der Waals surface area contributed by atoms with E-state index in [1.54, 1.807) is 6.08 Å². The van der Waals surface area contributed by atoms with E-state index in [0.717, 1.165) is 12.8 Å². The lowest BCUT2D eigenvalue weighted by molar-refractivity contribution is 0.424. The first-order valence-electron chi connectivity index (χ1n) is 3.65. The molecule has 0 aliphatic rings. The Kier molecular flexibility index (Phi) is 5.35. The van der Waals surface area contributed by atoms with Crippen molar-refractivity contribution in [2.24, 2.45) is 5.92 Å². The molecular weight excluding hydrogens is 127 g/mol. The van der Waals surface area contributed by atoms with Gasteiger partial charge in [0.25, 0.3) is 0 Å². The van der Waals surface area contributed by atoms with Gasteiger partial charge in [-0.2, -0.15) is 0 Å². The number of rotatable bonds is 4. The van der Waals surface area contributed by atoms with Crippen molar-refractivity contribution in [1.29, 1.82) is 0 Å². The van der Waals surface area contributed by atoms with Crippen LogP contribution in [0.15, 0.2) is 12.1 Å². The lowest BCUT2D eigenvalue weighted by Gasteiger charge is -1.98. The summed E-state index contributed by atoms with van der Waals surface area (Å²) in [5, 5.41) is 16.8. The quantitative estimate of drug-likeness (QED) is 0.574. The molecule has 0 aromatic heterocycles. The van der Waals surface area contributed by atoms with Gasteiger partial charge in [-0.05, 0) is 18.8 Å². The third-order valence-corrected chi connectivity index (χ3v) is 1.22. The molecule has 0 fully saturated rings. The van der Waals surface area contributed by atoms with Crippen molar-refractivity contribution in [2.75, 3.05) is 0 Å². The fraction of sp³-hybridized carbons (Fsp3) is 0.714. The predicted octanol–water partition coefficient (Wildman–Crippen LogP) is 0.991. The maximum absolute atomic E-state index is 8.39. The fourth-order valence-electron chi connectivity index (χ4n) is 0.647. The summed E-state index contributed by atoms with van der Waals surface area (Å²) < 4.78 is 0. The standard InChI is InChI=1S/C7H15BO2/c1-7(2)5-3-4-6-8(9)10/h4,6-7,9-10H,3,5H2,1-2H3. The summed E-state index contributed by atoms with van der Waals surface area (Å²) in [4.78, 5) is 0. The van der Waals surface area contributed by atoms with Gasteiger partial charge in [0.2, 0.25) is 0 Å². The van der Waals surface area contributed by atoms with Crippen LogP contribution in [-0.2, 0) is 0 Å². The van der Waals surface area contributed by atoms with Crippen molar-refractivity contribution in [3.05, 3.63) is 12.1 Å². The molecule has 0 bridgehead atoms. The molecule has 0 radical (unpaired) electrons. The van der Waals surface area contributed by atoms with E-state index in [0.29, 0.717) is 5.92 Å². The van der Waals surface area contributed by atoms with Crippen molar-refractivity contribution in [2.45, 2.75) is 26.7 Å². The molecular formula is C7H15BO2. The van der Waals surface area contributed by atoms with Crippen molar-refractivity contribution in [3.8, 4) is 0 Å². The Morgan fingerprint density at radius 1 is 1.40 bits per heavy atom. The van der Waals surface area contributed by atoms with Crippen LogP contribution in [-0.4, -0.2) is 17.2 Å². The van der Waals surface area contributed by atoms with Gasteiger partial charge in [0, 0.05) is 0 Å². The van der Waals surface area contributed by atoms with E-state index >= 15 is 0 Å². The maximum atomic E-state index is 8.39. The highest BCUT2D eigenvalue weighted by Crippen LogP contribution is 2.03. The Bertz CT molecular complexity index is 99.8. The van der Waals surface area contributed by atoms with Gasteiger partial charge in [0.15, 0.2) is 0 Å². The molecule has 2 N–H and O–H groups in total. The minimum absolute atomic E-state index is 0.681. The van der Waals surface area contributed by atoms with Crippen molar-refractivity contribution in [1.82, 2.24) is 0 Å². The van der Waals surface area contributed by atoms with Crippen molar-refractivity contribution >= 4 is 7.12 Å². The molecule has 0 unspecified atom stereocenters. The molecule has 0 rings (SSSR count). The van der Waals surface area contributed by atoms with Crippen LogP contribution in [0.25, 0.3) is 0 Å². The minimum atomic E-state index is -1.29. The fourth-order valence-corrected chi connectivity index (χ4v) is 0.647. The summed E-state index contributed by atoms with van der Waals surface area (Å²) in [6.07, 6.45) is 3.82. The molecule has 0 heterocycles. The van der Waals surface area contributed by atoms with E-state index in [9.17, 15) is 0 Å². The molecule has 10 heavy (non-hydrogen) atoms. The Balaban J connectivity index is 3.19. The molecule has 0 saturated heterocycles. The molecule has 0 aliphatic heterocycles. The Labute approximate surface area is 62.7 Å². The monoisotopic (exact) mass is 142 g/mol. The molecule has 0 saturated carbocycles. The number of hydrogen-bond donors (Lipinski definition) is 2. The van der Waals surface area contributed by atoms with Crippen LogP contribution in [0, 0.1) is 5.92 Å². The summed E-state index contributed by atoms with van der Waals surface area (Å²) in [7, 11) is -1.29. The Morgan fingerprint density at radius 2 is 2.00 bits per heavy atom. The lowest BCUT2D eigenvalue weighted by Crippen LogP contribution is -2.05. The zero-order valence-corrected chi connectivity index (χ0v) is 6.62. The van der Waals surface area contributed by atoms with E-state index in [-0.39, 0.29) is 0 Å². The van der Waals surface area contributed by atoms with Gasteiger partial charge in [0.1, 0.15) is 0 Å². The molecule has 0 aromatic carbocycles. The second-order valence-electron chi connectivity index (χ2n) is 2.81. The zero-order valence-electron chi connectivity index (χ0n) is 6.62. The Hall–Kier alpha value is -0.275. The molecule has 0 spiro atoms. The van der Waals surface area contributed by atoms with Gasteiger partial charge in [-0.15, -0.1) is 0 Å².